The third kappa shape index (κ3) is 9.30. The van der Waals surface area contributed by atoms with E-state index >= 15 is 0 Å². The van der Waals surface area contributed by atoms with Gasteiger partial charge in [-0.05, 0) is 79.8 Å². The zero-order valence-electron chi connectivity index (χ0n) is 28.3. The number of nitrogens with one attached hydrogen (secondary N) is 1. The predicted octanol–water partition coefficient (Wildman–Crippen LogP) is 7.36. The smallest absolute Gasteiger partial charge is 0.264 e. The molecule has 0 aliphatic heterocycles. The summed E-state index contributed by atoms with van der Waals surface area (Å²) < 4.78 is 36.5. The zero-order valence-corrected chi connectivity index (χ0v) is 30.7. The molecular weight excluding hydrogens is 702 g/mol. The van der Waals surface area contributed by atoms with Crippen LogP contribution < -0.4 is 14.4 Å². The van der Waals surface area contributed by atoms with Gasteiger partial charge < -0.3 is 15.0 Å². The van der Waals surface area contributed by atoms with Crippen molar-refractivity contribution in [1.82, 2.24) is 10.2 Å². The van der Waals surface area contributed by atoms with Gasteiger partial charge in [0.2, 0.25) is 11.8 Å². The van der Waals surface area contributed by atoms with E-state index in [1.165, 1.54) is 12.0 Å². The zero-order chi connectivity index (χ0) is 35.0. The third-order valence-corrected chi connectivity index (χ3v) is 11.3. The molecule has 4 aromatic carbocycles. The van der Waals surface area contributed by atoms with E-state index in [9.17, 15) is 18.0 Å². The number of anilines is 1. The van der Waals surface area contributed by atoms with Gasteiger partial charge in [-0.1, -0.05) is 101 Å². The van der Waals surface area contributed by atoms with Crippen LogP contribution in [0.1, 0.15) is 54.4 Å². The number of methoxy groups -OCH3 is 1. The summed E-state index contributed by atoms with van der Waals surface area (Å²) in [5, 5.41) is 3.25. The number of hydrogen-bond acceptors (Lipinski definition) is 5. The van der Waals surface area contributed by atoms with Crippen LogP contribution in [0, 0.1) is 13.8 Å². The van der Waals surface area contributed by atoms with Crippen molar-refractivity contribution in [3.63, 3.8) is 0 Å². The maximum absolute atomic E-state index is 14.8. The highest BCUT2D eigenvalue weighted by molar-refractivity contribution is 9.10. The van der Waals surface area contributed by atoms with Crippen molar-refractivity contribution in [2.45, 2.75) is 75.9 Å². The highest BCUT2D eigenvalue weighted by Crippen LogP contribution is 2.34. The Balaban J connectivity index is 1.60. The molecule has 0 saturated heterocycles. The average molecular weight is 747 g/mol. The van der Waals surface area contributed by atoms with Gasteiger partial charge in [-0.2, -0.15) is 0 Å². The number of benzene rings is 4. The Labute approximate surface area is 298 Å². The first-order valence-electron chi connectivity index (χ1n) is 16.7. The van der Waals surface area contributed by atoms with Gasteiger partial charge in [-0.15, -0.1) is 0 Å². The summed E-state index contributed by atoms with van der Waals surface area (Å²) in [4.78, 5) is 30.7. The summed E-state index contributed by atoms with van der Waals surface area (Å²) in [6.07, 6.45) is 5.27. The first kappa shape index (κ1) is 36.1. The molecule has 0 heterocycles. The monoisotopic (exact) mass is 745 g/mol. The molecule has 258 valence electrons. The number of amides is 2. The van der Waals surface area contributed by atoms with Crippen LogP contribution in [-0.4, -0.2) is 50.9 Å². The van der Waals surface area contributed by atoms with E-state index in [4.69, 9.17) is 4.74 Å². The standard InChI is InChI=1S/C39H44BrN3O5S/c1-28-14-21-34(22-15-28)49(46,47)43(35-24-29(2)16-23-37(35)48-3)27-38(44)42(26-31-17-19-32(40)20-18-31)36(25-30-10-6-4-7-11-30)39(45)41-33-12-8-5-9-13-33/h4,6-7,10-11,14-24,33,36H,5,8-9,12-13,25-27H2,1-3H3,(H,41,45)/t36-/m1/s1. The lowest BCUT2D eigenvalue weighted by Crippen LogP contribution is -2.55. The van der Waals surface area contributed by atoms with Crippen LogP contribution in [0.25, 0.3) is 0 Å². The Bertz CT molecular complexity index is 1830. The molecule has 0 bridgehead atoms. The summed E-state index contributed by atoms with van der Waals surface area (Å²) in [5.41, 5.74) is 3.65. The van der Waals surface area contributed by atoms with E-state index in [2.05, 4.69) is 21.2 Å². The number of halogens is 1. The fraction of sp³-hybridized carbons (Fsp3) is 0.333. The van der Waals surface area contributed by atoms with Gasteiger partial charge in [0.05, 0.1) is 17.7 Å². The molecule has 2 amide bonds. The molecule has 0 radical (unpaired) electrons. The quantitative estimate of drug-likeness (QED) is 0.154. The normalized spacial score (nSPS) is 14.1. The fourth-order valence-electron chi connectivity index (χ4n) is 6.23. The molecule has 10 heteroatoms. The number of sulfonamides is 1. The van der Waals surface area contributed by atoms with Gasteiger partial charge in [-0.3, -0.25) is 13.9 Å². The van der Waals surface area contributed by atoms with Crippen LogP contribution in [0.4, 0.5) is 5.69 Å². The predicted molar refractivity (Wildman–Crippen MR) is 197 cm³/mol. The van der Waals surface area contributed by atoms with Crippen molar-refractivity contribution in [1.29, 1.82) is 0 Å². The lowest BCUT2D eigenvalue weighted by Gasteiger charge is -2.35. The number of aryl methyl sites for hydroxylation is 2. The van der Waals surface area contributed by atoms with Gasteiger partial charge in [-0.25, -0.2) is 8.42 Å². The molecule has 4 aromatic rings. The molecule has 5 rings (SSSR count). The van der Waals surface area contributed by atoms with Crippen molar-refractivity contribution in [2.75, 3.05) is 18.0 Å². The van der Waals surface area contributed by atoms with Crippen LogP contribution in [0.2, 0.25) is 0 Å². The molecule has 0 aromatic heterocycles. The molecule has 49 heavy (non-hydrogen) atoms. The SMILES string of the molecule is COc1ccc(C)cc1N(CC(=O)N(Cc1ccc(Br)cc1)[C@H](Cc1ccccc1)C(=O)NC1CCCCC1)S(=O)(=O)c1ccc(C)cc1. The van der Waals surface area contributed by atoms with E-state index < -0.39 is 28.5 Å². The molecule has 1 fully saturated rings. The lowest BCUT2D eigenvalue weighted by atomic mass is 9.94. The summed E-state index contributed by atoms with van der Waals surface area (Å²) in [6.45, 7) is 3.29. The van der Waals surface area contributed by atoms with Crippen molar-refractivity contribution in [3.8, 4) is 5.75 Å². The second-order valence-electron chi connectivity index (χ2n) is 12.7. The molecule has 1 N–H and O–H groups in total. The summed E-state index contributed by atoms with van der Waals surface area (Å²) >= 11 is 3.49. The number of carbonyl (C=O) groups excluding carboxylic acids is 2. The highest BCUT2D eigenvalue weighted by Gasteiger charge is 2.36. The highest BCUT2D eigenvalue weighted by atomic mass is 79.9. The summed E-state index contributed by atoms with van der Waals surface area (Å²) in [5.74, 6) is -0.450. The van der Waals surface area contributed by atoms with E-state index in [0.717, 1.165) is 63.1 Å². The minimum Gasteiger partial charge on any atom is -0.495 e. The Hall–Kier alpha value is -4.15. The van der Waals surface area contributed by atoms with Gasteiger partial charge in [0.1, 0.15) is 18.3 Å². The van der Waals surface area contributed by atoms with Crippen molar-refractivity contribution in [3.05, 3.63) is 124 Å². The number of rotatable bonds is 13. The van der Waals surface area contributed by atoms with E-state index in [-0.39, 0.29) is 35.5 Å². The largest absolute Gasteiger partial charge is 0.495 e. The van der Waals surface area contributed by atoms with Gasteiger partial charge >= 0.3 is 0 Å². The lowest BCUT2D eigenvalue weighted by molar-refractivity contribution is -0.140. The maximum Gasteiger partial charge on any atom is 0.264 e. The van der Waals surface area contributed by atoms with Crippen molar-refractivity contribution < 1.29 is 22.7 Å². The molecule has 1 saturated carbocycles. The topological polar surface area (TPSA) is 96.0 Å². The Kier molecular flexibility index (Phi) is 12.2. The summed E-state index contributed by atoms with van der Waals surface area (Å²) in [7, 11) is -2.79. The van der Waals surface area contributed by atoms with Crippen LogP contribution in [-0.2, 0) is 32.6 Å². The van der Waals surface area contributed by atoms with Crippen LogP contribution >= 0.6 is 15.9 Å². The maximum atomic E-state index is 14.8. The molecule has 0 unspecified atom stereocenters. The average Bonchev–Trinajstić information content (AvgIpc) is 3.10. The molecule has 1 atom stereocenters. The van der Waals surface area contributed by atoms with E-state index in [1.807, 2.05) is 74.5 Å². The van der Waals surface area contributed by atoms with Crippen LogP contribution in [0.5, 0.6) is 5.75 Å². The Morgan fingerprint density at radius 3 is 2.16 bits per heavy atom. The number of ether oxygens (including phenoxy) is 1. The van der Waals surface area contributed by atoms with Crippen LogP contribution in [0.3, 0.4) is 0 Å². The van der Waals surface area contributed by atoms with Crippen molar-refractivity contribution in [2.24, 2.45) is 0 Å². The molecular formula is C39H44BrN3O5S. The summed E-state index contributed by atoms with van der Waals surface area (Å²) in [6, 6.07) is 28.1. The number of hydrogen-bond donors (Lipinski definition) is 1. The van der Waals surface area contributed by atoms with Gasteiger partial charge in [0.15, 0.2) is 0 Å². The van der Waals surface area contributed by atoms with Crippen LogP contribution in [0.15, 0.2) is 106 Å². The Morgan fingerprint density at radius 1 is 0.857 bits per heavy atom. The minimum atomic E-state index is -4.26. The first-order chi connectivity index (χ1) is 23.5. The third-order valence-electron chi connectivity index (χ3n) is 8.98. The Morgan fingerprint density at radius 2 is 1.51 bits per heavy atom. The van der Waals surface area contributed by atoms with Gasteiger partial charge in [0, 0.05) is 23.5 Å². The molecule has 8 nitrogen and oxygen atoms in total. The molecule has 1 aliphatic rings. The van der Waals surface area contributed by atoms with Gasteiger partial charge in [0.25, 0.3) is 10.0 Å². The first-order valence-corrected chi connectivity index (χ1v) is 18.9. The van der Waals surface area contributed by atoms with E-state index in [0.29, 0.717) is 5.75 Å². The second kappa shape index (κ2) is 16.5. The molecule has 1 aliphatic carbocycles. The van der Waals surface area contributed by atoms with E-state index in [1.54, 1.807) is 36.4 Å². The number of carbonyl (C=O) groups is 2. The fourth-order valence-corrected chi connectivity index (χ4v) is 7.91. The van der Waals surface area contributed by atoms with Crippen molar-refractivity contribution >= 4 is 43.5 Å². The second-order valence-corrected chi connectivity index (χ2v) is 15.5. The molecule has 0 spiro atoms. The number of nitrogens with zero attached hydrogens (tertiary/aromatic N) is 2. The minimum absolute atomic E-state index is 0.0270.